The topological polar surface area (TPSA) is 163 Å². The van der Waals surface area contributed by atoms with Crippen LogP contribution in [0, 0.1) is 13.8 Å². The van der Waals surface area contributed by atoms with Gasteiger partial charge in [-0.05, 0) is 55.5 Å². The van der Waals surface area contributed by atoms with Crippen LogP contribution in [0.3, 0.4) is 0 Å². The average Bonchev–Trinajstić information content (AvgIpc) is 3.53. The molecule has 0 aliphatic rings. The molecule has 3 rings (SSSR count). The fourth-order valence-corrected chi connectivity index (χ4v) is 6.07. The summed E-state index contributed by atoms with van der Waals surface area (Å²) >= 11 is 1.15. The van der Waals surface area contributed by atoms with Gasteiger partial charge in [-0.1, -0.05) is 23.8 Å². The zero-order chi connectivity index (χ0) is 27.2. The molecule has 0 saturated heterocycles. The number of benzene rings is 1. The van der Waals surface area contributed by atoms with Gasteiger partial charge in [0.2, 0.25) is 5.91 Å². The normalized spacial score (nSPS) is 13.1. The Morgan fingerprint density at radius 3 is 2.41 bits per heavy atom. The van der Waals surface area contributed by atoms with Crippen molar-refractivity contribution in [3.8, 4) is 0 Å². The maximum absolute atomic E-state index is 13.6. The number of carbonyl (C=O) groups excluding carboxylic acids is 2. The van der Waals surface area contributed by atoms with Crippen LogP contribution >= 0.6 is 11.3 Å². The van der Waals surface area contributed by atoms with Crippen molar-refractivity contribution in [2.75, 3.05) is 6.54 Å². The summed E-state index contributed by atoms with van der Waals surface area (Å²) in [6.07, 6.45) is 1.62. The van der Waals surface area contributed by atoms with Crippen molar-refractivity contribution < 1.29 is 27.9 Å². The summed E-state index contributed by atoms with van der Waals surface area (Å²) in [6.45, 7) is 4.01. The number of aryl methyl sites for hydroxylation is 2. The first-order chi connectivity index (χ1) is 17.5. The number of aromatic nitrogens is 1. The predicted octanol–water partition coefficient (Wildman–Crippen LogP) is 2.50. The number of aliphatic carboxylic acids is 1. The monoisotopic (exact) mass is 546 g/mol. The highest BCUT2D eigenvalue weighted by atomic mass is 32.2. The third kappa shape index (κ3) is 6.85. The third-order valence-corrected chi connectivity index (χ3v) is 8.66. The molecule has 2 atom stereocenters. The number of H-pyrrole nitrogens is 1. The molecule has 3 aromatic rings. The van der Waals surface area contributed by atoms with Crippen molar-refractivity contribution in [3.63, 3.8) is 0 Å². The van der Waals surface area contributed by atoms with Crippen LogP contribution in [0.25, 0.3) is 0 Å². The lowest BCUT2D eigenvalue weighted by Gasteiger charge is -2.30. The van der Waals surface area contributed by atoms with Crippen molar-refractivity contribution in [1.82, 2.24) is 14.6 Å². The predicted molar refractivity (Wildman–Crippen MR) is 139 cm³/mol. The summed E-state index contributed by atoms with van der Waals surface area (Å²) in [5.74, 6) is -3.10. The van der Waals surface area contributed by atoms with Crippen molar-refractivity contribution in [2.24, 2.45) is 5.73 Å². The standard InChI is InChI=1S/C25H30N4O6S2/c1-16-5-7-18(8-6-16)37(34,35)29(24(31)23(26)21-4-3-15-36-21)20(25(32)33)9-10-22(30)28-14-12-19-17(2)11-13-27-19/h3-8,11,13,15,20,23,27H,9-10,12,14,26H2,1-2H3,(H,28,30)(H,32,33)/t20-,23?/m0/s1. The molecule has 0 bridgehead atoms. The Morgan fingerprint density at radius 1 is 1.14 bits per heavy atom. The van der Waals surface area contributed by atoms with E-state index in [-0.39, 0.29) is 11.3 Å². The second-order valence-electron chi connectivity index (χ2n) is 8.58. The molecule has 0 aliphatic carbocycles. The molecule has 0 fully saturated rings. The smallest absolute Gasteiger partial charge is 0.327 e. The van der Waals surface area contributed by atoms with Gasteiger partial charge in [-0.15, -0.1) is 11.3 Å². The summed E-state index contributed by atoms with van der Waals surface area (Å²) in [6, 6.07) is 7.61. The van der Waals surface area contributed by atoms with Gasteiger partial charge in [0.05, 0.1) is 4.90 Å². The van der Waals surface area contributed by atoms with E-state index in [9.17, 15) is 27.9 Å². The second-order valence-corrected chi connectivity index (χ2v) is 11.4. The molecule has 2 heterocycles. The second kappa shape index (κ2) is 12.2. The number of thiophene rings is 1. The van der Waals surface area contributed by atoms with Crippen LogP contribution in [0.2, 0.25) is 0 Å². The summed E-state index contributed by atoms with van der Waals surface area (Å²) < 4.78 is 27.5. The number of aromatic amines is 1. The van der Waals surface area contributed by atoms with E-state index in [2.05, 4.69) is 10.3 Å². The Labute approximate surface area is 219 Å². The van der Waals surface area contributed by atoms with E-state index in [1.807, 2.05) is 13.0 Å². The number of carboxylic acid groups (broad SMARTS) is 1. The lowest BCUT2D eigenvalue weighted by molar-refractivity contribution is -0.147. The molecular formula is C25H30N4O6S2. The van der Waals surface area contributed by atoms with Crippen LogP contribution in [-0.2, 0) is 30.8 Å². The van der Waals surface area contributed by atoms with Crippen molar-refractivity contribution >= 4 is 39.1 Å². The minimum Gasteiger partial charge on any atom is -0.480 e. The maximum Gasteiger partial charge on any atom is 0.327 e. The lowest BCUT2D eigenvalue weighted by atomic mass is 10.1. The van der Waals surface area contributed by atoms with Crippen molar-refractivity contribution in [3.05, 3.63) is 75.7 Å². The van der Waals surface area contributed by atoms with E-state index in [4.69, 9.17) is 5.73 Å². The first-order valence-corrected chi connectivity index (χ1v) is 13.9. The average molecular weight is 547 g/mol. The molecule has 1 aromatic carbocycles. The molecule has 0 aliphatic heterocycles. The fourth-order valence-electron chi connectivity index (χ4n) is 3.77. The molecule has 10 nitrogen and oxygen atoms in total. The minimum absolute atomic E-state index is 0.248. The van der Waals surface area contributed by atoms with E-state index in [1.54, 1.807) is 42.8 Å². The van der Waals surface area contributed by atoms with Gasteiger partial charge in [-0.3, -0.25) is 9.59 Å². The zero-order valence-corrected chi connectivity index (χ0v) is 22.1. The molecule has 0 saturated carbocycles. The molecule has 37 heavy (non-hydrogen) atoms. The van der Waals surface area contributed by atoms with E-state index in [0.717, 1.165) is 28.2 Å². The first-order valence-electron chi connectivity index (χ1n) is 11.6. The number of rotatable bonds is 12. The Kier molecular flexibility index (Phi) is 9.24. The number of carboxylic acids is 1. The number of sulfonamides is 1. The van der Waals surface area contributed by atoms with Gasteiger partial charge >= 0.3 is 5.97 Å². The highest BCUT2D eigenvalue weighted by molar-refractivity contribution is 7.89. The summed E-state index contributed by atoms with van der Waals surface area (Å²) in [7, 11) is -4.60. The van der Waals surface area contributed by atoms with Gasteiger partial charge in [0.15, 0.2) is 0 Å². The number of hydrogen-bond acceptors (Lipinski definition) is 7. The SMILES string of the molecule is Cc1ccc(S(=O)(=O)N(C(=O)C(N)c2cccs2)[C@@H](CCC(=O)NCCc2[nH]ccc2C)C(=O)O)cc1. The molecule has 198 valence electrons. The number of amides is 2. The number of nitrogens with zero attached hydrogens (tertiary/aromatic N) is 1. The van der Waals surface area contributed by atoms with Crippen LogP contribution in [0.15, 0.2) is 58.9 Å². The Morgan fingerprint density at radius 2 is 1.84 bits per heavy atom. The summed E-state index contributed by atoms with van der Waals surface area (Å²) in [5, 5.41) is 14.4. The van der Waals surface area contributed by atoms with Gasteiger partial charge in [-0.25, -0.2) is 17.5 Å². The van der Waals surface area contributed by atoms with Gasteiger partial charge in [0.25, 0.3) is 15.9 Å². The molecule has 2 amide bonds. The Bertz CT molecular complexity index is 1330. The molecule has 5 N–H and O–H groups in total. The highest BCUT2D eigenvalue weighted by Crippen LogP contribution is 2.27. The van der Waals surface area contributed by atoms with E-state index >= 15 is 0 Å². The van der Waals surface area contributed by atoms with Crippen molar-refractivity contribution in [1.29, 1.82) is 0 Å². The third-order valence-electron chi connectivity index (χ3n) is 5.89. The number of carbonyl (C=O) groups is 3. The van der Waals surface area contributed by atoms with E-state index < -0.39 is 46.3 Å². The number of nitrogens with one attached hydrogen (secondary N) is 2. The highest BCUT2D eigenvalue weighted by Gasteiger charge is 2.42. The van der Waals surface area contributed by atoms with Crippen LogP contribution in [-0.4, -0.2) is 53.2 Å². The van der Waals surface area contributed by atoms with E-state index in [1.165, 1.54) is 12.1 Å². The molecule has 0 radical (unpaired) electrons. The number of hydrogen-bond donors (Lipinski definition) is 4. The quantitative estimate of drug-likeness (QED) is 0.271. The van der Waals surface area contributed by atoms with Crippen LogP contribution < -0.4 is 11.1 Å². The first kappa shape index (κ1) is 28.1. The van der Waals surface area contributed by atoms with Gasteiger partial charge < -0.3 is 21.1 Å². The molecule has 12 heteroatoms. The molecule has 1 unspecified atom stereocenters. The summed E-state index contributed by atoms with van der Waals surface area (Å²) in [4.78, 5) is 41.4. The van der Waals surface area contributed by atoms with Gasteiger partial charge in [-0.2, -0.15) is 0 Å². The zero-order valence-electron chi connectivity index (χ0n) is 20.5. The van der Waals surface area contributed by atoms with Crippen LogP contribution in [0.1, 0.15) is 40.6 Å². The van der Waals surface area contributed by atoms with E-state index in [0.29, 0.717) is 22.1 Å². The molecule has 0 spiro atoms. The summed E-state index contributed by atoms with van der Waals surface area (Å²) in [5.41, 5.74) is 8.88. The Balaban J connectivity index is 1.83. The largest absolute Gasteiger partial charge is 0.480 e. The molecular weight excluding hydrogens is 516 g/mol. The minimum atomic E-state index is -4.60. The van der Waals surface area contributed by atoms with Crippen molar-refractivity contribution in [2.45, 2.75) is 50.1 Å². The van der Waals surface area contributed by atoms with Crippen LogP contribution in [0.5, 0.6) is 0 Å². The Hall–Kier alpha value is -3.48. The van der Waals surface area contributed by atoms with Gasteiger partial charge in [0.1, 0.15) is 12.1 Å². The maximum atomic E-state index is 13.6. The van der Waals surface area contributed by atoms with Gasteiger partial charge in [0, 0.05) is 36.2 Å². The van der Waals surface area contributed by atoms with Crippen LogP contribution in [0.4, 0.5) is 0 Å². The fraction of sp³-hybridized carbons (Fsp3) is 0.320. The lowest BCUT2D eigenvalue weighted by Crippen LogP contribution is -2.51. The molecule has 2 aromatic heterocycles. The number of nitrogens with two attached hydrogens (primary N) is 1.